The average Bonchev–Trinajstić information content (AvgIpc) is 2.37. The third kappa shape index (κ3) is 2.97. The maximum absolute atomic E-state index is 12.0. The van der Waals surface area contributed by atoms with Gasteiger partial charge in [0.05, 0.1) is 0 Å². The normalized spacial score (nSPS) is 11.0. The van der Waals surface area contributed by atoms with E-state index in [1.807, 2.05) is 9.71 Å². The second-order valence-electron chi connectivity index (χ2n) is 3.75. The minimum Gasteiger partial charge on any atom is -0.478 e. The fourth-order valence-electron chi connectivity index (χ4n) is 1.44. The fourth-order valence-corrected chi connectivity index (χ4v) is 2.47. The molecular formula is C10H8N4O6S. The van der Waals surface area contributed by atoms with Crippen molar-refractivity contribution in [1.82, 2.24) is 15.0 Å². The first-order chi connectivity index (χ1) is 9.81. The molecule has 0 saturated carbocycles. The van der Waals surface area contributed by atoms with E-state index >= 15 is 0 Å². The Hall–Kier alpha value is -2.95. The summed E-state index contributed by atoms with van der Waals surface area (Å²) in [7, 11) is -4.41. The number of pyridine rings is 1. The summed E-state index contributed by atoms with van der Waals surface area (Å²) in [5, 5.41) is 8.93. The number of aromatic amines is 2. The molecule has 0 aliphatic heterocycles. The van der Waals surface area contributed by atoms with Gasteiger partial charge in [0.2, 0.25) is 0 Å². The molecule has 0 spiro atoms. The van der Waals surface area contributed by atoms with Crippen LogP contribution in [0.1, 0.15) is 10.4 Å². The van der Waals surface area contributed by atoms with E-state index in [2.05, 4.69) is 4.98 Å². The van der Waals surface area contributed by atoms with Gasteiger partial charge < -0.3 is 10.1 Å². The van der Waals surface area contributed by atoms with Crippen molar-refractivity contribution in [3.8, 4) is 0 Å². The highest BCUT2D eigenvalue weighted by atomic mass is 32.2. The predicted molar refractivity (Wildman–Crippen MR) is 69.7 cm³/mol. The van der Waals surface area contributed by atoms with E-state index in [-0.39, 0.29) is 5.56 Å². The Labute approximate surface area is 116 Å². The molecule has 0 bridgehead atoms. The lowest BCUT2D eigenvalue weighted by atomic mass is 10.3. The lowest BCUT2D eigenvalue weighted by molar-refractivity contribution is 0.0697. The molecule has 21 heavy (non-hydrogen) atoms. The van der Waals surface area contributed by atoms with Crippen LogP contribution >= 0.6 is 0 Å². The third-order valence-corrected chi connectivity index (χ3v) is 3.69. The highest BCUT2D eigenvalue weighted by molar-refractivity contribution is 7.92. The van der Waals surface area contributed by atoms with Crippen LogP contribution in [0.4, 0.5) is 5.82 Å². The van der Waals surface area contributed by atoms with E-state index in [9.17, 15) is 22.8 Å². The molecule has 0 unspecified atom stereocenters. The van der Waals surface area contributed by atoms with Gasteiger partial charge >= 0.3 is 11.7 Å². The summed E-state index contributed by atoms with van der Waals surface area (Å²) in [5.41, 5.74) is -2.40. The molecule has 2 aromatic rings. The SMILES string of the molecule is O=C(O)c1cccnc1NS(=O)(=O)c1c[nH]c(=O)[nH]c1=O. The second kappa shape index (κ2) is 5.20. The number of carbonyl (C=O) groups is 1. The number of aromatic nitrogens is 3. The van der Waals surface area contributed by atoms with Crippen LogP contribution in [0.25, 0.3) is 0 Å². The molecular weight excluding hydrogens is 304 g/mol. The van der Waals surface area contributed by atoms with Crippen LogP contribution in [0.5, 0.6) is 0 Å². The van der Waals surface area contributed by atoms with Gasteiger partial charge in [-0.3, -0.25) is 14.5 Å². The highest BCUT2D eigenvalue weighted by Gasteiger charge is 2.22. The number of rotatable bonds is 4. The summed E-state index contributed by atoms with van der Waals surface area (Å²) >= 11 is 0. The molecule has 0 saturated heterocycles. The molecule has 0 atom stereocenters. The van der Waals surface area contributed by atoms with Crippen LogP contribution in [0.3, 0.4) is 0 Å². The summed E-state index contributed by atoms with van der Waals surface area (Å²) in [5.74, 6) is -1.84. The molecule has 0 radical (unpaired) electrons. The molecule has 11 heteroatoms. The zero-order valence-corrected chi connectivity index (χ0v) is 11.0. The molecule has 0 aliphatic carbocycles. The van der Waals surface area contributed by atoms with Gasteiger partial charge in [0, 0.05) is 12.4 Å². The first kappa shape index (κ1) is 14.5. The van der Waals surface area contributed by atoms with E-state index in [4.69, 9.17) is 5.11 Å². The molecule has 0 amide bonds. The van der Waals surface area contributed by atoms with Gasteiger partial charge in [-0.1, -0.05) is 0 Å². The van der Waals surface area contributed by atoms with Gasteiger partial charge in [-0.25, -0.2) is 23.0 Å². The number of H-pyrrole nitrogens is 2. The number of anilines is 1. The van der Waals surface area contributed by atoms with Crippen molar-refractivity contribution in [3.63, 3.8) is 0 Å². The zero-order valence-electron chi connectivity index (χ0n) is 10.2. The molecule has 2 rings (SSSR count). The monoisotopic (exact) mass is 312 g/mol. The Bertz CT molecular complexity index is 913. The Kier molecular flexibility index (Phi) is 3.58. The lowest BCUT2D eigenvalue weighted by Crippen LogP contribution is -2.29. The van der Waals surface area contributed by atoms with Crippen LogP contribution in [-0.4, -0.2) is 34.4 Å². The van der Waals surface area contributed by atoms with E-state index in [0.717, 1.165) is 6.07 Å². The molecule has 4 N–H and O–H groups in total. The fraction of sp³-hybridized carbons (Fsp3) is 0. The topological polar surface area (TPSA) is 162 Å². The van der Waals surface area contributed by atoms with Crippen LogP contribution in [0, 0.1) is 0 Å². The average molecular weight is 312 g/mol. The molecule has 0 aliphatic rings. The summed E-state index contributed by atoms with van der Waals surface area (Å²) in [4.78, 5) is 39.9. The first-order valence-electron chi connectivity index (χ1n) is 5.34. The smallest absolute Gasteiger partial charge is 0.339 e. The minimum atomic E-state index is -4.41. The zero-order chi connectivity index (χ0) is 15.6. The third-order valence-electron chi connectivity index (χ3n) is 2.34. The number of nitrogens with one attached hydrogen (secondary N) is 3. The summed E-state index contributed by atoms with van der Waals surface area (Å²) < 4.78 is 25.9. The van der Waals surface area contributed by atoms with Crippen LogP contribution in [-0.2, 0) is 10.0 Å². The van der Waals surface area contributed by atoms with Crippen molar-refractivity contribution < 1.29 is 18.3 Å². The molecule has 110 valence electrons. The number of nitrogens with zero attached hydrogens (tertiary/aromatic N) is 1. The molecule has 0 fully saturated rings. The lowest BCUT2D eigenvalue weighted by Gasteiger charge is -2.08. The first-order valence-corrected chi connectivity index (χ1v) is 6.83. The van der Waals surface area contributed by atoms with Gasteiger partial charge in [-0.2, -0.15) is 0 Å². The van der Waals surface area contributed by atoms with E-state index < -0.39 is 38.0 Å². The highest BCUT2D eigenvalue weighted by Crippen LogP contribution is 2.15. The summed E-state index contributed by atoms with van der Waals surface area (Å²) in [6.45, 7) is 0. The van der Waals surface area contributed by atoms with Gasteiger partial charge in [0.25, 0.3) is 15.6 Å². The van der Waals surface area contributed by atoms with Crippen molar-refractivity contribution in [2.75, 3.05) is 4.72 Å². The summed E-state index contributed by atoms with van der Waals surface area (Å²) in [6, 6.07) is 2.46. The predicted octanol–water partition coefficient (Wildman–Crippen LogP) is -1.04. The van der Waals surface area contributed by atoms with Crippen molar-refractivity contribution in [3.05, 3.63) is 50.9 Å². The number of sulfonamides is 1. The van der Waals surface area contributed by atoms with Crippen molar-refractivity contribution in [2.45, 2.75) is 4.90 Å². The number of hydrogen-bond donors (Lipinski definition) is 4. The second-order valence-corrected chi connectivity index (χ2v) is 5.40. The Morgan fingerprint density at radius 1 is 1.33 bits per heavy atom. The maximum Gasteiger partial charge on any atom is 0.339 e. The number of carboxylic acids is 1. The Morgan fingerprint density at radius 2 is 2.05 bits per heavy atom. The van der Waals surface area contributed by atoms with E-state index in [0.29, 0.717) is 6.20 Å². The number of carboxylic acid groups (broad SMARTS) is 1. The van der Waals surface area contributed by atoms with Crippen molar-refractivity contribution >= 4 is 21.8 Å². The van der Waals surface area contributed by atoms with Gasteiger partial charge in [-0.05, 0) is 12.1 Å². The van der Waals surface area contributed by atoms with Crippen LogP contribution in [0.2, 0.25) is 0 Å². The molecule has 2 aromatic heterocycles. The Balaban J connectivity index is 2.50. The minimum absolute atomic E-state index is 0.387. The van der Waals surface area contributed by atoms with Gasteiger partial charge in [0.15, 0.2) is 10.7 Å². The standard InChI is InChI=1S/C10H8N4O6S/c15-8-6(4-12-10(18)13-8)21(19,20)14-7-5(9(16)17)2-1-3-11-7/h1-4H,(H,11,14)(H,16,17)(H2,12,13,15,18). The van der Waals surface area contributed by atoms with Crippen molar-refractivity contribution in [2.24, 2.45) is 0 Å². The quantitative estimate of drug-likeness (QED) is 0.560. The van der Waals surface area contributed by atoms with Gasteiger partial charge in [0.1, 0.15) is 5.56 Å². The molecule has 2 heterocycles. The molecule has 0 aromatic carbocycles. The van der Waals surface area contributed by atoms with Crippen LogP contribution < -0.4 is 16.0 Å². The number of hydrogen-bond acceptors (Lipinski definition) is 6. The van der Waals surface area contributed by atoms with E-state index in [1.54, 1.807) is 4.98 Å². The number of aromatic carboxylic acids is 1. The Morgan fingerprint density at radius 3 is 2.67 bits per heavy atom. The van der Waals surface area contributed by atoms with Crippen molar-refractivity contribution in [1.29, 1.82) is 0 Å². The largest absolute Gasteiger partial charge is 0.478 e. The van der Waals surface area contributed by atoms with Crippen LogP contribution in [0.15, 0.2) is 39.0 Å². The van der Waals surface area contributed by atoms with Gasteiger partial charge in [-0.15, -0.1) is 0 Å². The molecule has 10 nitrogen and oxygen atoms in total. The van der Waals surface area contributed by atoms with E-state index in [1.165, 1.54) is 12.3 Å². The summed E-state index contributed by atoms with van der Waals surface area (Å²) in [6.07, 6.45) is 1.88. The maximum atomic E-state index is 12.0.